The monoisotopic (exact) mass is 259 g/mol. The van der Waals surface area contributed by atoms with Gasteiger partial charge in [0.05, 0.1) is 5.69 Å². The van der Waals surface area contributed by atoms with Crippen LogP contribution in [0.3, 0.4) is 0 Å². The molecule has 1 spiro atoms. The van der Waals surface area contributed by atoms with Crippen LogP contribution in [0.2, 0.25) is 0 Å². The molecule has 1 aliphatic heterocycles. The maximum Gasteiger partial charge on any atom is 0.142 e. The summed E-state index contributed by atoms with van der Waals surface area (Å²) in [6.07, 6.45) is 6.19. The summed E-state index contributed by atoms with van der Waals surface area (Å²) in [7, 11) is 1.90. The molecule has 0 aromatic carbocycles. The van der Waals surface area contributed by atoms with Crippen molar-refractivity contribution in [2.75, 3.05) is 11.9 Å². The Morgan fingerprint density at radius 2 is 2.32 bits per heavy atom. The molecule has 5 heteroatoms. The minimum absolute atomic E-state index is 0.371. The Hall–Kier alpha value is -1.54. The van der Waals surface area contributed by atoms with Crippen LogP contribution in [0.15, 0.2) is 0 Å². The number of nitrogens with one attached hydrogen (secondary N) is 2. The minimum Gasteiger partial charge on any atom is -0.366 e. The molecule has 3 rings (SSSR count). The molecule has 19 heavy (non-hydrogen) atoms. The predicted octanol–water partition coefficient (Wildman–Crippen LogP) is 1.69. The highest BCUT2D eigenvalue weighted by Crippen LogP contribution is 2.39. The highest BCUT2D eigenvalue weighted by molar-refractivity contribution is 5.55. The number of piperidine rings is 1. The van der Waals surface area contributed by atoms with E-state index in [0.29, 0.717) is 17.1 Å². The number of hydrogen-bond donors (Lipinski definition) is 2. The van der Waals surface area contributed by atoms with Gasteiger partial charge in [0.15, 0.2) is 0 Å². The molecule has 1 unspecified atom stereocenters. The van der Waals surface area contributed by atoms with E-state index in [-0.39, 0.29) is 0 Å². The Balaban J connectivity index is 1.76. The van der Waals surface area contributed by atoms with Crippen LogP contribution in [-0.2, 0) is 7.05 Å². The Morgan fingerprint density at radius 1 is 1.53 bits per heavy atom. The maximum absolute atomic E-state index is 9.25. The Labute approximate surface area is 114 Å². The van der Waals surface area contributed by atoms with E-state index in [1.165, 1.54) is 19.3 Å². The van der Waals surface area contributed by atoms with Crippen LogP contribution in [0.25, 0.3) is 0 Å². The highest BCUT2D eigenvalue weighted by atomic mass is 15.3. The zero-order chi connectivity index (χ0) is 13.5. The quantitative estimate of drug-likeness (QED) is 0.848. The fourth-order valence-corrected chi connectivity index (χ4v) is 3.42. The second kappa shape index (κ2) is 4.53. The van der Waals surface area contributed by atoms with Gasteiger partial charge in [0.25, 0.3) is 0 Å². The molecule has 0 radical (unpaired) electrons. The molecule has 5 nitrogen and oxygen atoms in total. The van der Waals surface area contributed by atoms with Gasteiger partial charge in [-0.25, -0.2) is 0 Å². The van der Waals surface area contributed by atoms with Crippen molar-refractivity contribution in [3.8, 4) is 6.07 Å². The second-order valence-electron chi connectivity index (χ2n) is 5.94. The zero-order valence-electron chi connectivity index (χ0n) is 11.7. The maximum atomic E-state index is 9.25. The Morgan fingerprint density at radius 3 is 2.95 bits per heavy atom. The average molecular weight is 259 g/mol. The summed E-state index contributed by atoms with van der Waals surface area (Å²) in [5.74, 6) is 0.876. The van der Waals surface area contributed by atoms with Gasteiger partial charge in [-0.15, -0.1) is 0 Å². The summed E-state index contributed by atoms with van der Waals surface area (Å²) < 4.78 is 1.80. The van der Waals surface area contributed by atoms with Crippen molar-refractivity contribution in [1.29, 1.82) is 5.26 Å². The highest BCUT2D eigenvalue weighted by Gasteiger charge is 2.41. The number of anilines is 1. The number of hydrogen-bond acceptors (Lipinski definition) is 4. The Kier molecular flexibility index (Phi) is 2.98. The van der Waals surface area contributed by atoms with Crippen molar-refractivity contribution in [2.24, 2.45) is 7.05 Å². The van der Waals surface area contributed by atoms with Gasteiger partial charge in [-0.1, -0.05) is 0 Å². The molecule has 1 saturated heterocycles. The third-order valence-electron chi connectivity index (χ3n) is 4.62. The largest absolute Gasteiger partial charge is 0.366 e. The summed E-state index contributed by atoms with van der Waals surface area (Å²) in [4.78, 5) is 0. The summed E-state index contributed by atoms with van der Waals surface area (Å²) in [6.45, 7) is 2.95. The first kappa shape index (κ1) is 12.5. The molecule has 2 N–H and O–H groups in total. The first-order valence-electron chi connectivity index (χ1n) is 7.09. The molecule has 0 bridgehead atoms. The van der Waals surface area contributed by atoms with E-state index >= 15 is 0 Å². The summed E-state index contributed by atoms with van der Waals surface area (Å²) in [5.41, 5.74) is 1.86. The van der Waals surface area contributed by atoms with E-state index in [4.69, 9.17) is 0 Å². The standard InChI is InChI=1S/C14H21N5/c1-10-12(9-15)13(19(2)18-10)17-11-4-7-16-14(8-11)5-3-6-14/h11,16-17H,3-8H2,1-2H3. The summed E-state index contributed by atoms with van der Waals surface area (Å²) in [6, 6.07) is 2.71. The first-order valence-corrected chi connectivity index (χ1v) is 7.09. The van der Waals surface area contributed by atoms with Crippen molar-refractivity contribution < 1.29 is 0 Å². The molecule has 2 aliphatic rings. The van der Waals surface area contributed by atoms with Crippen LogP contribution in [0, 0.1) is 18.3 Å². The summed E-state index contributed by atoms with van der Waals surface area (Å²) in [5, 5.41) is 20.8. The molecule has 1 atom stereocenters. The van der Waals surface area contributed by atoms with Crippen LogP contribution >= 0.6 is 0 Å². The van der Waals surface area contributed by atoms with Gasteiger partial charge in [-0.05, 0) is 45.6 Å². The van der Waals surface area contributed by atoms with E-state index in [2.05, 4.69) is 21.8 Å². The van der Waals surface area contributed by atoms with Gasteiger partial charge >= 0.3 is 0 Å². The van der Waals surface area contributed by atoms with Gasteiger partial charge in [0.2, 0.25) is 0 Å². The minimum atomic E-state index is 0.371. The lowest BCUT2D eigenvalue weighted by Crippen LogP contribution is -2.58. The lowest BCUT2D eigenvalue weighted by molar-refractivity contribution is 0.135. The number of aryl methyl sites for hydroxylation is 2. The van der Waals surface area contributed by atoms with Crippen LogP contribution in [-0.4, -0.2) is 27.9 Å². The van der Waals surface area contributed by atoms with Crippen molar-refractivity contribution >= 4 is 5.82 Å². The molecule has 1 aromatic heterocycles. The van der Waals surface area contributed by atoms with Crippen LogP contribution < -0.4 is 10.6 Å². The average Bonchev–Trinajstić information content (AvgIpc) is 2.62. The molecular formula is C14H21N5. The fraction of sp³-hybridized carbons (Fsp3) is 0.714. The normalized spacial score (nSPS) is 24.8. The van der Waals surface area contributed by atoms with E-state index in [1.807, 2.05) is 14.0 Å². The van der Waals surface area contributed by atoms with Crippen LogP contribution in [0.1, 0.15) is 43.4 Å². The molecule has 1 aliphatic carbocycles. The SMILES string of the molecule is Cc1nn(C)c(NC2CCNC3(CCC3)C2)c1C#N. The third kappa shape index (κ3) is 2.10. The molecule has 2 heterocycles. The van der Waals surface area contributed by atoms with Gasteiger partial charge in [-0.3, -0.25) is 4.68 Å². The summed E-state index contributed by atoms with van der Waals surface area (Å²) >= 11 is 0. The lowest BCUT2D eigenvalue weighted by Gasteiger charge is -2.48. The predicted molar refractivity (Wildman–Crippen MR) is 73.9 cm³/mol. The van der Waals surface area contributed by atoms with Gasteiger partial charge < -0.3 is 10.6 Å². The van der Waals surface area contributed by atoms with Crippen molar-refractivity contribution in [3.63, 3.8) is 0 Å². The van der Waals surface area contributed by atoms with Crippen LogP contribution in [0.4, 0.5) is 5.82 Å². The smallest absolute Gasteiger partial charge is 0.142 e. The van der Waals surface area contributed by atoms with Gasteiger partial charge in [0.1, 0.15) is 17.5 Å². The van der Waals surface area contributed by atoms with Crippen molar-refractivity contribution in [3.05, 3.63) is 11.3 Å². The van der Waals surface area contributed by atoms with Crippen molar-refractivity contribution in [1.82, 2.24) is 15.1 Å². The second-order valence-corrected chi connectivity index (χ2v) is 5.94. The number of rotatable bonds is 2. The van der Waals surface area contributed by atoms with E-state index in [0.717, 1.165) is 30.9 Å². The van der Waals surface area contributed by atoms with Crippen LogP contribution in [0.5, 0.6) is 0 Å². The van der Waals surface area contributed by atoms with Gasteiger partial charge in [0, 0.05) is 18.6 Å². The fourth-order valence-electron chi connectivity index (χ4n) is 3.42. The molecule has 102 valence electrons. The molecule has 2 fully saturated rings. The van der Waals surface area contributed by atoms with Crippen molar-refractivity contribution in [2.45, 2.75) is 50.6 Å². The van der Waals surface area contributed by atoms with E-state index in [1.54, 1.807) is 4.68 Å². The molecule has 1 saturated carbocycles. The Bertz CT molecular complexity index is 521. The number of aromatic nitrogens is 2. The van der Waals surface area contributed by atoms with E-state index < -0.39 is 0 Å². The lowest BCUT2D eigenvalue weighted by atomic mass is 9.70. The molecular weight excluding hydrogens is 238 g/mol. The third-order valence-corrected chi connectivity index (χ3v) is 4.62. The van der Waals surface area contributed by atoms with E-state index in [9.17, 15) is 5.26 Å². The first-order chi connectivity index (χ1) is 9.13. The topological polar surface area (TPSA) is 65.7 Å². The molecule has 1 aromatic rings. The number of nitrogens with zero attached hydrogens (tertiary/aromatic N) is 3. The number of nitriles is 1. The molecule has 0 amide bonds. The zero-order valence-corrected chi connectivity index (χ0v) is 11.7. The van der Waals surface area contributed by atoms with Gasteiger partial charge in [-0.2, -0.15) is 10.4 Å².